The van der Waals surface area contributed by atoms with Crippen molar-refractivity contribution in [2.75, 3.05) is 63.8 Å². The highest BCUT2D eigenvalue weighted by Gasteiger charge is 2.22. The number of hydrogen-bond donors (Lipinski definition) is 2. The van der Waals surface area contributed by atoms with E-state index >= 15 is 0 Å². The molecule has 2 N–H and O–H groups in total. The van der Waals surface area contributed by atoms with Gasteiger partial charge in [-0.2, -0.15) is 4.98 Å². The van der Waals surface area contributed by atoms with Crippen LogP contribution in [-0.2, 0) is 9.53 Å². The number of aromatic nitrogens is 4. The first kappa shape index (κ1) is 24.8. The Hall–Kier alpha value is -3.83. The molecule has 2 aliphatic heterocycles. The quantitative estimate of drug-likeness (QED) is 0.495. The maximum Gasteiger partial charge on any atom is 0.319 e. The SMILES string of the molecule is COc1ncc(-c2cc(N3CCOCC3)nc(-c3cccc(NC(=O)C4CCNCC4)c3)n2)c(OC)n1. The minimum Gasteiger partial charge on any atom is -0.480 e. The Kier molecular flexibility index (Phi) is 7.71. The summed E-state index contributed by atoms with van der Waals surface area (Å²) in [5.41, 5.74) is 2.74. The van der Waals surface area contributed by atoms with E-state index in [1.165, 1.54) is 7.11 Å². The number of methoxy groups -OCH3 is 2. The largest absolute Gasteiger partial charge is 0.480 e. The van der Waals surface area contributed by atoms with Gasteiger partial charge in [-0.15, -0.1) is 0 Å². The molecule has 11 heteroatoms. The third-order valence-electron chi connectivity index (χ3n) is 6.53. The lowest BCUT2D eigenvalue weighted by atomic mass is 9.97. The minimum atomic E-state index is 0.0138. The topological polar surface area (TPSA) is 124 Å². The van der Waals surface area contributed by atoms with E-state index in [4.69, 9.17) is 24.2 Å². The van der Waals surface area contributed by atoms with Gasteiger partial charge >= 0.3 is 6.01 Å². The number of nitrogens with zero attached hydrogens (tertiary/aromatic N) is 5. The standard InChI is InChI=1S/C26H31N7O4/c1-35-25-20(16-28-26(32-25)36-2)21-15-22(33-10-12-37-13-11-33)31-23(30-21)18-4-3-5-19(14-18)29-24(34)17-6-8-27-9-7-17/h3-5,14-17,27H,6-13H2,1-2H3,(H,29,34). The van der Waals surface area contributed by atoms with Crippen molar-refractivity contribution in [3.05, 3.63) is 36.5 Å². The van der Waals surface area contributed by atoms with Crippen molar-refractivity contribution in [3.8, 4) is 34.5 Å². The van der Waals surface area contributed by atoms with E-state index in [0.29, 0.717) is 41.9 Å². The van der Waals surface area contributed by atoms with E-state index in [1.807, 2.05) is 30.3 Å². The first-order chi connectivity index (χ1) is 18.1. The van der Waals surface area contributed by atoms with Crippen LogP contribution in [0.2, 0.25) is 0 Å². The molecule has 11 nitrogen and oxygen atoms in total. The second-order valence-electron chi connectivity index (χ2n) is 8.91. The zero-order chi connectivity index (χ0) is 25.6. The maximum atomic E-state index is 12.8. The summed E-state index contributed by atoms with van der Waals surface area (Å²) < 4.78 is 16.2. The van der Waals surface area contributed by atoms with Crippen molar-refractivity contribution in [3.63, 3.8) is 0 Å². The van der Waals surface area contributed by atoms with Crippen LogP contribution in [0, 0.1) is 5.92 Å². The molecule has 1 amide bonds. The van der Waals surface area contributed by atoms with Crippen molar-refractivity contribution < 1.29 is 19.0 Å². The van der Waals surface area contributed by atoms with Crippen molar-refractivity contribution in [1.29, 1.82) is 0 Å². The summed E-state index contributed by atoms with van der Waals surface area (Å²) in [7, 11) is 3.05. The number of carbonyl (C=O) groups is 1. The molecule has 5 rings (SSSR count). The number of morpholine rings is 1. The molecule has 2 aromatic heterocycles. The third-order valence-corrected chi connectivity index (χ3v) is 6.53. The highest BCUT2D eigenvalue weighted by molar-refractivity contribution is 5.93. The number of carbonyl (C=O) groups excluding carboxylic acids is 1. The third kappa shape index (κ3) is 5.78. The number of hydrogen-bond acceptors (Lipinski definition) is 10. The Morgan fingerprint density at radius 1 is 1.08 bits per heavy atom. The van der Waals surface area contributed by atoms with Gasteiger partial charge < -0.3 is 29.7 Å². The van der Waals surface area contributed by atoms with Crippen LogP contribution >= 0.6 is 0 Å². The number of benzene rings is 1. The van der Waals surface area contributed by atoms with Crippen LogP contribution in [0.4, 0.5) is 11.5 Å². The molecular formula is C26H31N7O4. The van der Waals surface area contributed by atoms with Gasteiger partial charge in [-0.3, -0.25) is 4.79 Å². The summed E-state index contributed by atoms with van der Waals surface area (Å²) in [5.74, 6) is 1.70. The number of rotatable bonds is 7. The van der Waals surface area contributed by atoms with E-state index < -0.39 is 0 Å². The van der Waals surface area contributed by atoms with E-state index in [9.17, 15) is 4.79 Å². The van der Waals surface area contributed by atoms with Gasteiger partial charge in [0.25, 0.3) is 0 Å². The molecule has 0 atom stereocenters. The van der Waals surface area contributed by atoms with Gasteiger partial charge in [-0.1, -0.05) is 12.1 Å². The van der Waals surface area contributed by atoms with E-state index in [1.54, 1.807) is 13.3 Å². The average Bonchev–Trinajstić information content (AvgIpc) is 2.97. The molecule has 1 aromatic carbocycles. The predicted octanol–water partition coefficient (Wildman–Crippen LogP) is 2.39. The first-order valence-electron chi connectivity index (χ1n) is 12.4. The highest BCUT2D eigenvalue weighted by atomic mass is 16.5. The smallest absolute Gasteiger partial charge is 0.319 e. The molecule has 2 saturated heterocycles. The first-order valence-corrected chi connectivity index (χ1v) is 12.4. The molecule has 3 aromatic rings. The van der Waals surface area contributed by atoms with Crippen LogP contribution < -0.4 is 25.0 Å². The normalized spacial score (nSPS) is 16.3. The monoisotopic (exact) mass is 505 g/mol. The van der Waals surface area contributed by atoms with Crippen molar-refractivity contribution in [1.82, 2.24) is 25.3 Å². The number of ether oxygens (including phenoxy) is 3. The van der Waals surface area contributed by atoms with Crippen LogP contribution in [0.15, 0.2) is 36.5 Å². The van der Waals surface area contributed by atoms with Crippen LogP contribution in [0.5, 0.6) is 11.9 Å². The summed E-state index contributed by atoms with van der Waals surface area (Å²) in [6.07, 6.45) is 3.31. The second kappa shape index (κ2) is 11.5. The van der Waals surface area contributed by atoms with E-state index in [-0.39, 0.29) is 17.8 Å². The second-order valence-corrected chi connectivity index (χ2v) is 8.91. The minimum absolute atomic E-state index is 0.0138. The molecule has 0 radical (unpaired) electrons. The molecule has 0 unspecified atom stereocenters. The van der Waals surface area contributed by atoms with E-state index in [0.717, 1.165) is 50.4 Å². The zero-order valence-electron chi connectivity index (χ0n) is 21.1. The van der Waals surface area contributed by atoms with Gasteiger partial charge in [0, 0.05) is 42.5 Å². The molecule has 37 heavy (non-hydrogen) atoms. The van der Waals surface area contributed by atoms with Crippen molar-refractivity contribution >= 4 is 17.4 Å². The summed E-state index contributed by atoms with van der Waals surface area (Å²) in [6, 6.07) is 9.74. The number of nitrogens with one attached hydrogen (secondary N) is 2. The molecule has 194 valence electrons. The van der Waals surface area contributed by atoms with Crippen LogP contribution in [0.1, 0.15) is 12.8 Å². The fraction of sp³-hybridized carbons (Fsp3) is 0.423. The lowest BCUT2D eigenvalue weighted by molar-refractivity contribution is -0.120. The number of amides is 1. The summed E-state index contributed by atoms with van der Waals surface area (Å²) in [6.45, 7) is 4.42. The Balaban J connectivity index is 1.51. The summed E-state index contributed by atoms with van der Waals surface area (Å²) in [5, 5.41) is 6.37. The van der Waals surface area contributed by atoms with E-state index in [2.05, 4.69) is 25.5 Å². The summed E-state index contributed by atoms with van der Waals surface area (Å²) >= 11 is 0. The molecule has 2 aliphatic rings. The predicted molar refractivity (Wildman–Crippen MR) is 139 cm³/mol. The molecule has 4 heterocycles. The van der Waals surface area contributed by atoms with Gasteiger partial charge in [0.15, 0.2) is 5.82 Å². The van der Waals surface area contributed by atoms with Gasteiger partial charge in [0.1, 0.15) is 5.82 Å². The highest BCUT2D eigenvalue weighted by Crippen LogP contribution is 2.32. The Labute approximate surface area is 215 Å². The van der Waals surface area contributed by atoms with Crippen LogP contribution in [0.3, 0.4) is 0 Å². The fourth-order valence-electron chi connectivity index (χ4n) is 4.50. The number of piperidine rings is 1. The zero-order valence-corrected chi connectivity index (χ0v) is 21.1. The van der Waals surface area contributed by atoms with Gasteiger partial charge in [0.2, 0.25) is 11.8 Å². The molecule has 0 spiro atoms. The molecular weight excluding hydrogens is 474 g/mol. The Bertz CT molecular complexity index is 1240. The van der Waals surface area contributed by atoms with Gasteiger partial charge in [-0.05, 0) is 38.1 Å². The average molecular weight is 506 g/mol. The van der Waals surface area contributed by atoms with Crippen LogP contribution in [0.25, 0.3) is 22.6 Å². The molecule has 0 aliphatic carbocycles. The lowest BCUT2D eigenvalue weighted by Gasteiger charge is -2.28. The van der Waals surface area contributed by atoms with Crippen molar-refractivity contribution in [2.24, 2.45) is 5.92 Å². The molecule has 0 saturated carbocycles. The lowest BCUT2D eigenvalue weighted by Crippen LogP contribution is -2.36. The fourth-order valence-corrected chi connectivity index (χ4v) is 4.50. The van der Waals surface area contributed by atoms with Crippen LogP contribution in [-0.4, -0.2) is 79.5 Å². The van der Waals surface area contributed by atoms with Gasteiger partial charge in [0.05, 0.1) is 38.7 Å². The summed E-state index contributed by atoms with van der Waals surface area (Å²) in [4.78, 5) is 33.3. The van der Waals surface area contributed by atoms with Crippen molar-refractivity contribution in [2.45, 2.75) is 12.8 Å². The number of anilines is 2. The molecule has 0 bridgehead atoms. The maximum absolute atomic E-state index is 12.8. The Morgan fingerprint density at radius 3 is 2.65 bits per heavy atom. The Morgan fingerprint density at radius 2 is 1.89 bits per heavy atom. The molecule has 2 fully saturated rings. The van der Waals surface area contributed by atoms with Gasteiger partial charge in [-0.25, -0.2) is 15.0 Å².